The van der Waals surface area contributed by atoms with E-state index in [0.29, 0.717) is 87.9 Å². The van der Waals surface area contributed by atoms with E-state index < -0.39 is 80.3 Å². The average Bonchev–Trinajstić information content (AvgIpc) is 4.03. The van der Waals surface area contributed by atoms with Crippen molar-refractivity contribution in [2.45, 2.75) is 122 Å². The summed E-state index contributed by atoms with van der Waals surface area (Å²) in [6.07, 6.45) is 8.63. The molecule has 0 spiro atoms. The Balaban J connectivity index is 1.24. The van der Waals surface area contributed by atoms with Crippen molar-refractivity contribution in [1.82, 2.24) is 45.5 Å². The Hall–Kier alpha value is -6.40. The maximum Gasteiger partial charge on any atom is 0.469 e. The summed E-state index contributed by atoms with van der Waals surface area (Å²) < 4.78 is 31.0. The first-order valence-electron chi connectivity index (χ1n) is 23.4. The number of aromatic nitrogens is 4. The van der Waals surface area contributed by atoms with Crippen LogP contribution in [-0.2, 0) is 62.7 Å². The van der Waals surface area contributed by atoms with Gasteiger partial charge >= 0.3 is 7.82 Å². The van der Waals surface area contributed by atoms with Gasteiger partial charge in [-0.3, -0.25) is 38.0 Å². The number of nitrogens with one attached hydrogen (secondary N) is 4. The summed E-state index contributed by atoms with van der Waals surface area (Å²) in [5, 5.41) is 29.0. The molecule has 6 atom stereocenters. The van der Waals surface area contributed by atoms with Gasteiger partial charge in [0.05, 0.1) is 38.5 Å². The molecule has 6 amide bonds. The van der Waals surface area contributed by atoms with E-state index in [0.717, 1.165) is 24.5 Å². The van der Waals surface area contributed by atoms with Crippen molar-refractivity contribution in [3.63, 3.8) is 0 Å². The van der Waals surface area contributed by atoms with Crippen LogP contribution in [0.2, 0.25) is 0 Å². The normalized spacial score (nSPS) is 16.9. The molecular formula is C45H66N11O14P. The maximum atomic E-state index is 14.1. The second kappa shape index (κ2) is 26.2. The number of likely N-dealkylation sites (tertiary alicyclic amines) is 1. The topological polar surface area (TPSA) is 342 Å². The summed E-state index contributed by atoms with van der Waals surface area (Å²) in [6.45, 7) is 7.38. The number of fused-ring (bicyclic) bond motifs is 1. The van der Waals surface area contributed by atoms with Crippen LogP contribution in [0.15, 0.2) is 42.1 Å². The monoisotopic (exact) mass is 1020 g/mol. The standard InChI is InChI=1S/C45H66N11O14P/c1-27(2)19-33(50-45(63)36-11-9-15-56(36)29(4)58)42(60)49-34(43(61)51-35(25-57)44(62)52-39(41(46)59)28(3)70-71(64,65)66)21-32-23-47-26-55(32)14-7-6-8-18-69-48-22-31-24-54(5)53-40(31)30-12-13-37-38(20-30)68-17-10-16-67-37/h12-13,20,22-24,26-28,33-36,39,57H,6-11,14-19,21,25H2,1-5H3,(H2,46,59)(H,49,60)(H,50,63)(H,51,61)(H,52,62)(H2,64,65,66)/b48-22+/t28-,33+,34+,35+,36+,39+/m1/s1. The van der Waals surface area contributed by atoms with E-state index in [1.165, 1.54) is 18.0 Å². The second-order valence-corrected chi connectivity index (χ2v) is 19.0. The van der Waals surface area contributed by atoms with E-state index in [1.54, 1.807) is 21.8 Å². The zero-order valence-corrected chi connectivity index (χ0v) is 41.4. The third kappa shape index (κ3) is 16.6. The molecule has 9 N–H and O–H groups in total. The van der Waals surface area contributed by atoms with Gasteiger partial charge in [0.15, 0.2) is 11.5 Å². The summed E-state index contributed by atoms with van der Waals surface area (Å²) in [5.41, 5.74) is 8.15. The highest BCUT2D eigenvalue weighted by Gasteiger charge is 2.37. The SMILES string of the molecule is CC(=O)N1CCC[C@H]1C(=O)N[C@@H](CC(C)C)C(=O)N[C@@H](Cc1cncn1CCCCCO/N=C/c1cn(C)nc1-c1ccc2c(c1)OCCCO2)C(=O)N[C@@H](CO)C(=O)N[C@H](C(N)=O)[C@@H](C)OP(=O)(O)O. The average molecular weight is 1020 g/mol. The minimum Gasteiger partial charge on any atom is -0.490 e. The Kier molecular flexibility index (Phi) is 20.5. The quantitative estimate of drug-likeness (QED) is 0.0230. The molecule has 1 fully saturated rings. The minimum absolute atomic E-state index is 0.113. The number of aliphatic hydroxyl groups is 1. The number of phosphoric ester groups is 1. The van der Waals surface area contributed by atoms with Gasteiger partial charge in [-0.2, -0.15) is 5.10 Å². The van der Waals surface area contributed by atoms with Gasteiger partial charge < -0.3 is 65.7 Å². The maximum absolute atomic E-state index is 14.1. The van der Waals surface area contributed by atoms with Crippen LogP contribution in [0.1, 0.15) is 83.9 Å². The zero-order valence-electron chi connectivity index (χ0n) is 40.5. The largest absolute Gasteiger partial charge is 0.490 e. The number of primary amides is 1. The van der Waals surface area contributed by atoms with Crippen molar-refractivity contribution in [1.29, 1.82) is 0 Å². The second-order valence-electron chi connectivity index (χ2n) is 17.8. The van der Waals surface area contributed by atoms with E-state index in [2.05, 4.69) is 41.0 Å². The Morgan fingerprint density at radius 2 is 1.66 bits per heavy atom. The molecule has 0 aliphatic carbocycles. The van der Waals surface area contributed by atoms with Crippen LogP contribution in [0.4, 0.5) is 0 Å². The van der Waals surface area contributed by atoms with E-state index in [9.17, 15) is 48.2 Å². The summed E-state index contributed by atoms with van der Waals surface area (Å²) in [6, 6.07) is -1.26. The number of imidazole rings is 1. The molecule has 26 heteroatoms. The smallest absolute Gasteiger partial charge is 0.469 e. The summed E-state index contributed by atoms with van der Waals surface area (Å²) in [4.78, 5) is 109. The predicted molar refractivity (Wildman–Crippen MR) is 254 cm³/mol. The summed E-state index contributed by atoms with van der Waals surface area (Å²) >= 11 is 0. The highest BCUT2D eigenvalue weighted by atomic mass is 31.2. The Morgan fingerprint density at radius 1 is 0.958 bits per heavy atom. The Morgan fingerprint density at radius 3 is 2.35 bits per heavy atom. The van der Waals surface area contributed by atoms with Crippen molar-refractivity contribution < 1.29 is 67.1 Å². The first-order chi connectivity index (χ1) is 33.7. The van der Waals surface area contributed by atoms with Crippen LogP contribution in [-0.4, -0.2) is 150 Å². The number of aliphatic hydroxyl groups excluding tert-OH is 1. The molecule has 5 rings (SSSR count). The van der Waals surface area contributed by atoms with Gasteiger partial charge in [-0.15, -0.1) is 0 Å². The number of ether oxygens (including phenoxy) is 2. The van der Waals surface area contributed by atoms with Crippen LogP contribution in [0.25, 0.3) is 11.3 Å². The molecule has 4 heterocycles. The molecule has 2 aliphatic heterocycles. The molecule has 3 aromatic rings. The number of hydrogen-bond donors (Lipinski definition) is 8. The highest BCUT2D eigenvalue weighted by Crippen LogP contribution is 2.38. The number of aryl methyl sites for hydroxylation is 2. The minimum atomic E-state index is -5.14. The van der Waals surface area contributed by atoms with E-state index >= 15 is 0 Å². The molecule has 1 aromatic carbocycles. The molecule has 390 valence electrons. The lowest BCUT2D eigenvalue weighted by atomic mass is 10.0. The van der Waals surface area contributed by atoms with Crippen molar-refractivity contribution in [2.24, 2.45) is 23.9 Å². The van der Waals surface area contributed by atoms with E-state index in [4.69, 9.17) is 20.0 Å². The third-order valence-corrected chi connectivity index (χ3v) is 12.2. The molecular weight excluding hydrogens is 950 g/mol. The van der Waals surface area contributed by atoms with Gasteiger partial charge in [0.2, 0.25) is 35.4 Å². The lowest BCUT2D eigenvalue weighted by Gasteiger charge is -2.28. The number of carbonyl (C=O) groups is 6. The number of unbranched alkanes of at least 4 members (excludes halogenated alkanes) is 2. The van der Waals surface area contributed by atoms with Crippen LogP contribution in [0.5, 0.6) is 11.5 Å². The van der Waals surface area contributed by atoms with Gasteiger partial charge in [-0.1, -0.05) is 19.0 Å². The summed E-state index contributed by atoms with van der Waals surface area (Å²) in [5.74, 6) is -3.69. The number of amides is 6. The van der Waals surface area contributed by atoms with E-state index in [-0.39, 0.29) is 24.7 Å². The fourth-order valence-corrected chi connectivity index (χ4v) is 8.68. The van der Waals surface area contributed by atoms with Crippen molar-refractivity contribution >= 4 is 49.5 Å². The lowest BCUT2D eigenvalue weighted by Crippen LogP contribution is -2.61. The van der Waals surface area contributed by atoms with Crippen molar-refractivity contribution in [3.05, 3.63) is 48.2 Å². The number of rotatable bonds is 26. The molecule has 0 bridgehead atoms. The van der Waals surface area contributed by atoms with Crippen LogP contribution in [0, 0.1) is 5.92 Å². The lowest BCUT2D eigenvalue weighted by molar-refractivity contribution is -0.139. The van der Waals surface area contributed by atoms with Gasteiger partial charge in [0.25, 0.3) is 0 Å². The van der Waals surface area contributed by atoms with Crippen LogP contribution >= 0.6 is 7.82 Å². The third-order valence-electron chi connectivity index (χ3n) is 11.6. The predicted octanol–water partition coefficient (Wildman–Crippen LogP) is 0.180. The number of hydrogen-bond acceptors (Lipinski definition) is 15. The number of nitrogens with two attached hydrogens (primary N) is 1. The van der Waals surface area contributed by atoms with Gasteiger partial charge in [-0.05, 0) is 69.6 Å². The Bertz CT molecular complexity index is 2400. The molecule has 2 aliphatic rings. The Labute approximate surface area is 410 Å². The molecule has 1 saturated heterocycles. The van der Waals surface area contributed by atoms with Gasteiger partial charge in [0, 0.05) is 69.1 Å². The fourth-order valence-electron chi connectivity index (χ4n) is 8.12. The number of phosphoric acid groups is 1. The number of benzene rings is 1. The first-order valence-corrected chi connectivity index (χ1v) is 25.0. The summed E-state index contributed by atoms with van der Waals surface area (Å²) in [7, 11) is -3.32. The van der Waals surface area contributed by atoms with Crippen LogP contribution in [0.3, 0.4) is 0 Å². The van der Waals surface area contributed by atoms with Gasteiger partial charge in [-0.25, -0.2) is 9.55 Å². The van der Waals surface area contributed by atoms with E-state index in [1.807, 2.05) is 45.3 Å². The highest BCUT2D eigenvalue weighted by molar-refractivity contribution is 7.46. The molecule has 0 unspecified atom stereocenters. The zero-order chi connectivity index (χ0) is 51.8. The fraction of sp³-hybridized carbons (Fsp3) is 0.578. The number of carbonyl (C=O) groups excluding carboxylic acids is 6. The van der Waals surface area contributed by atoms with Crippen molar-refractivity contribution in [2.75, 3.05) is 33.0 Å². The molecule has 0 saturated carbocycles. The van der Waals surface area contributed by atoms with Crippen LogP contribution < -0.4 is 36.5 Å². The molecule has 25 nitrogen and oxygen atoms in total. The number of nitrogens with zero attached hydrogens (tertiary/aromatic N) is 6. The number of oxime groups is 1. The molecule has 0 radical (unpaired) electrons. The first kappa shape index (κ1) is 55.5. The van der Waals surface area contributed by atoms with Gasteiger partial charge in [0.1, 0.15) is 42.5 Å². The molecule has 2 aromatic heterocycles. The molecule has 71 heavy (non-hydrogen) atoms. The van der Waals surface area contributed by atoms with Crippen molar-refractivity contribution in [3.8, 4) is 22.8 Å².